The molecule has 4 aromatic rings. The zero-order chi connectivity index (χ0) is 28.0. The number of rotatable bonds is 5. The van der Waals surface area contributed by atoms with Crippen molar-refractivity contribution in [1.82, 2.24) is 0 Å². The van der Waals surface area contributed by atoms with Crippen LogP contribution in [0.25, 0.3) is 0 Å². The van der Waals surface area contributed by atoms with Crippen LogP contribution in [0, 0.1) is 0 Å². The Bertz CT molecular complexity index is 1750. The Morgan fingerprint density at radius 2 is 1.73 bits per heavy atom. The Labute approximate surface area is 236 Å². The standard InChI is InChI=1S/C30H21ClN2O6S/c1-17(34)22-13-25-26(39-16-38-25)14-23(22)32-29(35)19-9-10-28-24(12-19)33(15-18-5-4-6-20(31)11-18)30(36)21-7-2-3-8-27(21)40(28)37/h2-14H,15-16H2,1H3,(H,32,35)/t40-/m1/s1. The fourth-order valence-electron chi connectivity index (χ4n) is 4.71. The summed E-state index contributed by atoms with van der Waals surface area (Å²) in [6.07, 6.45) is 0. The zero-order valence-electron chi connectivity index (χ0n) is 21.1. The topological polar surface area (TPSA) is 102 Å². The predicted molar refractivity (Wildman–Crippen MR) is 150 cm³/mol. The molecule has 0 aromatic heterocycles. The van der Waals surface area contributed by atoms with Crippen LogP contribution in [0.1, 0.15) is 43.6 Å². The van der Waals surface area contributed by atoms with Gasteiger partial charge in [-0.15, -0.1) is 0 Å². The molecular weight excluding hydrogens is 552 g/mol. The molecule has 0 bridgehead atoms. The second kappa shape index (κ2) is 10.3. The molecule has 0 radical (unpaired) electrons. The first-order valence-corrected chi connectivity index (χ1v) is 13.8. The monoisotopic (exact) mass is 572 g/mol. The van der Waals surface area contributed by atoms with Gasteiger partial charge >= 0.3 is 0 Å². The van der Waals surface area contributed by atoms with Gasteiger partial charge in [0, 0.05) is 22.2 Å². The van der Waals surface area contributed by atoms with E-state index in [1.54, 1.807) is 60.7 Å². The third-order valence-electron chi connectivity index (χ3n) is 6.64. The van der Waals surface area contributed by atoms with Crippen molar-refractivity contribution in [1.29, 1.82) is 0 Å². The predicted octanol–water partition coefficient (Wildman–Crippen LogP) is 5.85. The molecule has 0 aliphatic carbocycles. The van der Waals surface area contributed by atoms with Crippen LogP contribution in [0.15, 0.2) is 88.7 Å². The van der Waals surface area contributed by atoms with Gasteiger partial charge in [0.25, 0.3) is 11.8 Å². The summed E-state index contributed by atoms with van der Waals surface area (Å²) in [5.41, 5.74) is 2.15. The van der Waals surface area contributed by atoms with E-state index in [1.807, 2.05) is 6.07 Å². The zero-order valence-corrected chi connectivity index (χ0v) is 22.7. The van der Waals surface area contributed by atoms with Crippen molar-refractivity contribution >= 4 is 51.4 Å². The lowest BCUT2D eigenvalue weighted by atomic mass is 10.1. The number of benzene rings is 4. The lowest BCUT2D eigenvalue weighted by Gasteiger charge is -2.24. The molecule has 0 spiro atoms. The number of fused-ring (bicyclic) bond motifs is 3. The molecular formula is C30H21ClN2O6S. The van der Waals surface area contributed by atoms with Crippen molar-refractivity contribution in [2.45, 2.75) is 23.3 Å². The van der Waals surface area contributed by atoms with Crippen LogP contribution in [0.4, 0.5) is 11.4 Å². The van der Waals surface area contributed by atoms with Gasteiger partial charge in [0.1, 0.15) is 0 Å². The summed E-state index contributed by atoms with van der Waals surface area (Å²) >= 11 is 6.20. The number of nitrogens with one attached hydrogen (secondary N) is 1. The number of amides is 2. The Kier molecular flexibility index (Phi) is 6.61. The smallest absolute Gasteiger partial charge is 0.259 e. The van der Waals surface area contributed by atoms with Gasteiger partial charge in [-0.05, 0) is 61.0 Å². The fourth-order valence-corrected chi connectivity index (χ4v) is 6.27. The number of hydrogen-bond donors (Lipinski definition) is 1. The van der Waals surface area contributed by atoms with E-state index in [1.165, 1.54) is 24.0 Å². The number of nitrogens with zero attached hydrogens (tertiary/aromatic N) is 1. The van der Waals surface area contributed by atoms with Gasteiger partial charge in [-0.3, -0.25) is 14.4 Å². The summed E-state index contributed by atoms with van der Waals surface area (Å²) in [6, 6.07) is 21.6. The minimum atomic E-state index is -1.68. The number of ketones is 1. The quantitative estimate of drug-likeness (QED) is 0.301. The van der Waals surface area contributed by atoms with Crippen LogP contribution >= 0.6 is 11.6 Å². The fraction of sp³-hybridized carbons (Fsp3) is 0.100. The maximum atomic E-state index is 13.8. The van der Waals surface area contributed by atoms with Gasteiger partial charge in [0.05, 0.1) is 44.1 Å². The second-order valence-electron chi connectivity index (χ2n) is 9.23. The molecule has 8 nitrogen and oxygen atoms in total. The van der Waals surface area contributed by atoms with Crippen molar-refractivity contribution in [2.75, 3.05) is 17.0 Å². The molecule has 0 saturated heterocycles. The molecule has 1 atom stereocenters. The summed E-state index contributed by atoms with van der Waals surface area (Å²) in [6.45, 7) is 1.55. The molecule has 10 heteroatoms. The van der Waals surface area contributed by atoms with E-state index in [0.717, 1.165) is 5.56 Å². The number of halogens is 1. The first kappa shape index (κ1) is 25.8. The van der Waals surface area contributed by atoms with Crippen molar-refractivity contribution in [3.05, 3.63) is 106 Å². The Balaban J connectivity index is 1.42. The molecule has 4 aromatic carbocycles. The third-order valence-corrected chi connectivity index (χ3v) is 8.38. The Hall–Kier alpha value is -4.47. The maximum absolute atomic E-state index is 13.8. The molecule has 2 aliphatic heterocycles. The van der Waals surface area contributed by atoms with E-state index in [-0.39, 0.29) is 41.8 Å². The van der Waals surface area contributed by atoms with Crippen LogP contribution in [0.3, 0.4) is 0 Å². The molecule has 2 heterocycles. The summed E-state index contributed by atoms with van der Waals surface area (Å²) in [5.74, 6) is -0.303. The van der Waals surface area contributed by atoms with Gasteiger partial charge in [-0.25, -0.2) is 4.21 Å². The van der Waals surface area contributed by atoms with Gasteiger partial charge in [0.2, 0.25) is 6.79 Å². The molecule has 200 valence electrons. The number of carbonyl (C=O) groups is 3. The van der Waals surface area contributed by atoms with Crippen molar-refractivity contribution in [2.24, 2.45) is 0 Å². The number of ether oxygens (including phenoxy) is 2. The normalized spacial score (nSPS) is 15.2. The van der Waals surface area contributed by atoms with E-state index < -0.39 is 16.7 Å². The van der Waals surface area contributed by atoms with E-state index >= 15 is 0 Å². The lowest BCUT2D eigenvalue weighted by Crippen LogP contribution is -2.30. The van der Waals surface area contributed by atoms with Crippen LogP contribution in [-0.2, 0) is 17.3 Å². The van der Waals surface area contributed by atoms with Crippen molar-refractivity contribution < 1.29 is 28.1 Å². The highest BCUT2D eigenvalue weighted by atomic mass is 35.5. The highest BCUT2D eigenvalue weighted by molar-refractivity contribution is 7.85. The molecule has 0 unspecified atom stereocenters. The molecule has 0 fully saturated rings. The SMILES string of the molecule is CC(=O)c1cc2c(cc1NC(=O)c1ccc3c(c1)N(Cc1cccc(Cl)c1)C(=O)c1ccccc1[S@]3=O)OCO2. The first-order chi connectivity index (χ1) is 19.3. The van der Waals surface area contributed by atoms with E-state index in [0.29, 0.717) is 37.6 Å². The van der Waals surface area contributed by atoms with Crippen molar-refractivity contribution in [3.63, 3.8) is 0 Å². The average molecular weight is 573 g/mol. The van der Waals surface area contributed by atoms with Crippen LogP contribution < -0.4 is 19.7 Å². The maximum Gasteiger partial charge on any atom is 0.259 e. The van der Waals surface area contributed by atoms with E-state index in [4.69, 9.17) is 21.1 Å². The Morgan fingerprint density at radius 3 is 2.50 bits per heavy atom. The highest BCUT2D eigenvalue weighted by Gasteiger charge is 2.32. The van der Waals surface area contributed by atoms with Crippen LogP contribution in [0.2, 0.25) is 5.02 Å². The summed E-state index contributed by atoms with van der Waals surface area (Å²) in [4.78, 5) is 41.9. The van der Waals surface area contributed by atoms with Gasteiger partial charge in [-0.2, -0.15) is 0 Å². The largest absolute Gasteiger partial charge is 0.454 e. The molecule has 40 heavy (non-hydrogen) atoms. The lowest BCUT2D eigenvalue weighted by molar-refractivity contribution is 0.0978. The summed E-state index contributed by atoms with van der Waals surface area (Å²) in [5, 5.41) is 3.30. The van der Waals surface area contributed by atoms with Crippen molar-refractivity contribution in [3.8, 4) is 11.5 Å². The summed E-state index contributed by atoms with van der Waals surface area (Å²) < 4.78 is 24.4. The van der Waals surface area contributed by atoms with Gasteiger partial charge < -0.3 is 19.7 Å². The number of anilines is 2. The molecule has 1 N–H and O–H groups in total. The number of carbonyl (C=O) groups excluding carboxylic acids is 3. The van der Waals surface area contributed by atoms with Crippen LogP contribution in [-0.4, -0.2) is 28.6 Å². The Morgan fingerprint density at radius 1 is 0.950 bits per heavy atom. The van der Waals surface area contributed by atoms with E-state index in [9.17, 15) is 18.6 Å². The number of Topliss-reactive ketones (excluding diaryl/α,β-unsaturated/α-hetero) is 1. The summed E-state index contributed by atoms with van der Waals surface area (Å²) in [7, 11) is -1.68. The minimum Gasteiger partial charge on any atom is -0.454 e. The molecule has 2 aliphatic rings. The molecule has 0 saturated carbocycles. The van der Waals surface area contributed by atoms with Crippen LogP contribution in [0.5, 0.6) is 11.5 Å². The highest BCUT2D eigenvalue weighted by Crippen LogP contribution is 2.39. The molecule has 2 amide bonds. The van der Waals surface area contributed by atoms with E-state index in [2.05, 4.69) is 5.32 Å². The number of hydrogen-bond acceptors (Lipinski definition) is 6. The second-order valence-corrected chi connectivity index (χ2v) is 11.1. The minimum absolute atomic E-state index is 0.0188. The third kappa shape index (κ3) is 4.63. The first-order valence-electron chi connectivity index (χ1n) is 12.3. The molecule has 6 rings (SSSR count). The van der Waals surface area contributed by atoms with Gasteiger partial charge in [-0.1, -0.05) is 35.9 Å². The average Bonchev–Trinajstić information content (AvgIpc) is 3.39. The van der Waals surface area contributed by atoms with Gasteiger partial charge in [0.15, 0.2) is 17.3 Å².